The van der Waals surface area contributed by atoms with Gasteiger partial charge in [-0.05, 0) is 24.3 Å². The summed E-state index contributed by atoms with van der Waals surface area (Å²) in [5.74, 6) is 2.11. The number of nitrogens with one attached hydrogen (secondary N) is 1. The molecule has 0 radical (unpaired) electrons. The maximum atomic E-state index is 14.0. The van der Waals surface area contributed by atoms with E-state index in [2.05, 4.69) is 19.9 Å². The molecule has 9 heteroatoms. The molecule has 0 unspecified atom stereocenters. The molecule has 0 aliphatic heterocycles. The molecule has 2 aromatic carbocycles. The van der Waals surface area contributed by atoms with Crippen molar-refractivity contribution in [2.75, 3.05) is 0 Å². The minimum absolute atomic E-state index is 0.0756. The summed E-state index contributed by atoms with van der Waals surface area (Å²) in [6, 6.07) is 13.7. The maximum absolute atomic E-state index is 14.0. The number of ether oxygens (including phenoxy) is 2. The fourth-order valence-electron chi connectivity index (χ4n) is 3.35. The number of aromatic amines is 1. The zero-order valence-corrected chi connectivity index (χ0v) is 18.4. The van der Waals surface area contributed by atoms with Crippen molar-refractivity contribution in [3.63, 3.8) is 0 Å². The molecule has 5 rings (SSSR count). The van der Waals surface area contributed by atoms with Gasteiger partial charge in [-0.25, -0.2) is 19.3 Å². The van der Waals surface area contributed by atoms with Gasteiger partial charge >= 0.3 is 0 Å². The Morgan fingerprint density at radius 2 is 1.82 bits per heavy atom. The highest BCUT2D eigenvalue weighted by Crippen LogP contribution is 2.31. The van der Waals surface area contributed by atoms with Crippen LogP contribution in [0.1, 0.15) is 11.4 Å². The van der Waals surface area contributed by atoms with Crippen LogP contribution in [0.2, 0.25) is 5.02 Å². The molecule has 33 heavy (non-hydrogen) atoms. The van der Waals surface area contributed by atoms with Crippen molar-refractivity contribution in [1.82, 2.24) is 24.5 Å². The molecule has 7 nitrogen and oxygen atoms in total. The average Bonchev–Trinajstić information content (AvgIpc) is 3.42. The molecule has 0 aliphatic carbocycles. The molecule has 3 aromatic heterocycles. The Hall–Kier alpha value is -3.91. The van der Waals surface area contributed by atoms with Gasteiger partial charge in [-0.15, -0.1) is 0 Å². The second-order valence-corrected chi connectivity index (χ2v) is 7.86. The second-order valence-electron chi connectivity index (χ2n) is 7.43. The number of rotatable bonds is 7. The minimum Gasteiger partial charge on any atom is -0.489 e. The van der Waals surface area contributed by atoms with E-state index in [1.807, 2.05) is 29.9 Å². The minimum atomic E-state index is -0.319. The third-order valence-corrected chi connectivity index (χ3v) is 5.31. The number of aromatic nitrogens is 5. The monoisotopic (exact) mass is 463 g/mol. The fraction of sp³-hybridized carbons (Fsp3) is 0.125. The zero-order valence-electron chi connectivity index (χ0n) is 17.6. The van der Waals surface area contributed by atoms with Gasteiger partial charge in [-0.1, -0.05) is 29.8 Å². The van der Waals surface area contributed by atoms with Crippen LogP contribution in [0.25, 0.3) is 22.6 Å². The van der Waals surface area contributed by atoms with Gasteiger partial charge in [-0.3, -0.25) is 0 Å². The predicted molar refractivity (Wildman–Crippen MR) is 123 cm³/mol. The van der Waals surface area contributed by atoms with Crippen LogP contribution in [0.5, 0.6) is 11.5 Å². The van der Waals surface area contributed by atoms with Crippen molar-refractivity contribution >= 4 is 22.8 Å². The van der Waals surface area contributed by atoms with Crippen LogP contribution in [0, 0.1) is 5.82 Å². The number of fused-ring (bicyclic) bond motifs is 1. The number of hydrogen-bond acceptors (Lipinski definition) is 5. The Kier molecular flexibility index (Phi) is 5.66. The first-order chi connectivity index (χ1) is 16.0. The van der Waals surface area contributed by atoms with E-state index in [1.165, 1.54) is 6.07 Å². The molecular formula is C24H19ClFN5O2. The second kappa shape index (κ2) is 8.91. The van der Waals surface area contributed by atoms with Crippen molar-refractivity contribution < 1.29 is 13.9 Å². The topological polar surface area (TPSA) is 77.8 Å². The highest BCUT2D eigenvalue weighted by Gasteiger charge is 2.12. The van der Waals surface area contributed by atoms with E-state index in [9.17, 15) is 4.39 Å². The number of aryl methyl sites for hydroxylation is 1. The summed E-state index contributed by atoms with van der Waals surface area (Å²) in [7, 11) is 1.90. The standard InChI is InChI=1S/C24H19ClFN5O2/c1-31-7-6-27-22(31)14-33-19-9-16(23-29-21-10-17(25)12-28-24(21)30-23)8-18(11-19)32-13-15-4-2-3-5-20(15)26/h2-12H,13-14H2,1H3,(H,28,29,30). The molecule has 0 saturated carbocycles. The van der Waals surface area contributed by atoms with E-state index in [1.54, 1.807) is 42.7 Å². The van der Waals surface area contributed by atoms with Crippen LogP contribution < -0.4 is 9.47 Å². The Morgan fingerprint density at radius 1 is 1.03 bits per heavy atom. The number of imidazole rings is 2. The summed E-state index contributed by atoms with van der Waals surface area (Å²) >= 11 is 6.05. The molecule has 0 atom stereocenters. The molecule has 0 spiro atoms. The Morgan fingerprint density at radius 3 is 2.58 bits per heavy atom. The van der Waals surface area contributed by atoms with Gasteiger partial charge in [-0.2, -0.15) is 0 Å². The normalized spacial score (nSPS) is 11.1. The van der Waals surface area contributed by atoms with Gasteiger partial charge in [0.15, 0.2) is 5.65 Å². The summed E-state index contributed by atoms with van der Waals surface area (Å²) in [6.07, 6.45) is 5.11. The van der Waals surface area contributed by atoms with Gasteiger partial charge in [0.1, 0.15) is 42.2 Å². The number of benzene rings is 2. The summed E-state index contributed by atoms with van der Waals surface area (Å²) in [5.41, 5.74) is 2.44. The molecular weight excluding hydrogens is 445 g/mol. The van der Waals surface area contributed by atoms with Crippen molar-refractivity contribution in [3.05, 3.63) is 89.3 Å². The van der Waals surface area contributed by atoms with E-state index < -0.39 is 0 Å². The van der Waals surface area contributed by atoms with Crippen LogP contribution in [0.4, 0.5) is 4.39 Å². The van der Waals surface area contributed by atoms with Gasteiger partial charge in [0.2, 0.25) is 0 Å². The van der Waals surface area contributed by atoms with Gasteiger partial charge in [0, 0.05) is 42.8 Å². The molecule has 5 aromatic rings. The van der Waals surface area contributed by atoms with E-state index >= 15 is 0 Å². The summed E-state index contributed by atoms with van der Waals surface area (Å²) in [6.45, 7) is 0.350. The van der Waals surface area contributed by atoms with Crippen molar-refractivity contribution in [3.8, 4) is 22.9 Å². The first-order valence-corrected chi connectivity index (χ1v) is 10.5. The van der Waals surface area contributed by atoms with E-state index in [4.69, 9.17) is 21.1 Å². The largest absolute Gasteiger partial charge is 0.489 e. The van der Waals surface area contributed by atoms with E-state index in [0.717, 1.165) is 11.4 Å². The lowest BCUT2D eigenvalue weighted by molar-refractivity contribution is 0.280. The number of nitrogens with zero attached hydrogens (tertiary/aromatic N) is 4. The number of H-pyrrole nitrogens is 1. The summed E-state index contributed by atoms with van der Waals surface area (Å²) in [5, 5.41) is 0.513. The van der Waals surface area contributed by atoms with Crippen LogP contribution in [-0.4, -0.2) is 24.5 Å². The molecule has 0 bridgehead atoms. The average molecular weight is 464 g/mol. The lowest BCUT2D eigenvalue weighted by Gasteiger charge is -2.12. The maximum Gasteiger partial charge on any atom is 0.178 e. The highest BCUT2D eigenvalue weighted by atomic mass is 35.5. The molecule has 0 aliphatic rings. The van der Waals surface area contributed by atoms with Gasteiger partial charge in [0.05, 0.1) is 10.5 Å². The first-order valence-electron chi connectivity index (χ1n) is 10.2. The van der Waals surface area contributed by atoms with Crippen LogP contribution in [-0.2, 0) is 20.3 Å². The Balaban J connectivity index is 1.47. The lowest BCUT2D eigenvalue weighted by atomic mass is 10.2. The van der Waals surface area contributed by atoms with Gasteiger partial charge in [0.25, 0.3) is 0 Å². The van der Waals surface area contributed by atoms with Crippen LogP contribution in [0.3, 0.4) is 0 Å². The van der Waals surface area contributed by atoms with Crippen molar-refractivity contribution in [2.45, 2.75) is 13.2 Å². The van der Waals surface area contributed by atoms with Crippen LogP contribution in [0.15, 0.2) is 67.1 Å². The summed E-state index contributed by atoms with van der Waals surface area (Å²) in [4.78, 5) is 16.3. The third kappa shape index (κ3) is 4.65. The SMILES string of the molecule is Cn1ccnc1COc1cc(OCc2ccccc2F)cc(-c2nc3ncc(Cl)cc3[nH]2)c1. The molecule has 0 fully saturated rings. The molecule has 0 amide bonds. The van der Waals surface area contributed by atoms with E-state index in [0.29, 0.717) is 39.1 Å². The van der Waals surface area contributed by atoms with Crippen LogP contribution >= 0.6 is 11.6 Å². The molecule has 3 heterocycles. The number of halogens is 2. The highest BCUT2D eigenvalue weighted by molar-refractivity contribution is 6.31. The summed E-state index contributed by atoms with van der Waals surface area (Å²) < 4.78 is 27.8. The fourth-order valence-corrected chi connectivity index (χ4v) is 3.50. The third-order valence-electron chi connectivity index (χ3n) is 5.10. The van der Waals surface area contributed by atoms with Gasteiger partial charge < -0.3 is 19.0 Å². The Bertz CT molecular complexity index is 1430. The Labute approximate surface area is 193 Å². The molecule has 1 N–H and O–H groups in total. The molecule has 166 valence electrons. The number of hydrogen-bond donors (Lipinski definition) is 1. The van der Waals surface area contributed by atoms with Crippen molar-refractivity contribution in [2.24, 2.45) is 7.05 Å². The van der Waals surface area contributed by atoms with Crippen molar-refractivity contribution in [1.29, 1.82) is 0 Å². The predicted octanol–water partition coefficient (Wildman–Crippen LogP) is 5.31. The smallest absolute Gasteiger partial charge is 0.178 e. The first kappa shape index (κ1) is 21.0. The van der Waals surface area contributed by atoms with E-state index in [-0.39, 0.29) is 19.0 Å². The quantitative estimate of drug-likeness (QED) is 0.354. The number of pyridine rings is 1. The zero-order chi connectivity index (χ0) is 22.8. The molecule has 0 saturated heterocycles. The lowest BCUT2D eigenvalue weighted by Crippen LogP contribution is -2.04.